The molecule has 0 aliphatic rings. The van der Waals surface area contributed by atoms with Gasteiger partial charge in [0.1, 0.15) is 5.82 Å². The Labute approximate surface area is 78.5 Å². The maximum absolute atomic E-state index is 12.9. The smallest absolute Gasteiger partial charge is 0.255 e. The third-order valence-electron chi connectivity index (χ3n) is 1.40. The Bertz CT molecular complexity index is 270. The molecule has 0 aromatic heterocycles. The zero-order valence-corrected chi connectivity index (χ0v) is 7.28. The van der Waals surface area contributed by atoms with Crippen LogP contribution in [0.4, 0.5) is 18.9 Å². The summed E-state index contributed by atoms with van der Waals surface area (Å²) < 4.78 is 36.4. The van der Waals surface area contributed by atoms with E-state index >= 15 is 0 Å². The highest BCUT2D eigenvalue weighted by Gasteiger charge is 2.08. The summed E-state index contributed by atoms with van der Waals surface area (Å²) in [6.07, 6.45) is -2.53. The third kappa shape index (κ3) is 2.81. The molecule has 0 aliphatic heterocycles. The SMILES string of the molecule is Fc1cccc(Cl)c1NCC(F)F. The lowest BCUT2D eigenvalue weighted by atomic mass is 10.3. The van der Waals surface area contributed by atoms with Gasteiger partial charge in [-0.3, -0.25) is 0 Å². The molecule has 0 atom stereocenters. The predicted molar refractivity (Wildman–Crippen MR) is 45.9 cm³/mol. The number of benzene rings is 1. The van der Waals surface area contributed by atoms with E-state index in [0.717, 1.165) is 6.07 Å². The number of anilines is 1. The van der Waals surface area contributed by atoms with Gasteiger partial charge in [0, 0.05) is 0 Å². The van der Waals surface area contributed by atoms with Crippen LogP contribution in [0, 0.1) is 5.82 Å². The summed E-state index contributed by atoms with van der Waals surface area (Å²) in [6, 6.07) is 3.99. The molecule has 5 heteroatoms. The van der Waals surface area contributed by atoms with Gasteiger partial charge in [0.25, 0.3) is 6.43 Å². The minimum absolute atomic E-state index is 0.0792. The predicted octanol–water partition coefficient (Wildman–Crippen LogP) is 3.16. The summed E-state index contributed by atoms with van der Waals surface area (Å²) in [4.78, 5) is 0. The molecule has 0 bridgehead atoms. The van der Waals surface area contributed by atoms with Crippen molar-refractivity contribution in [1.82, 2.24) is 0 Å². The largest absolute Gasteiger partial charge is 0.376 e. The fourth-order valence-corrected chi connectivity index (χ4v) is 1.08. The Balaban J connectivity index is 2.75. The molecule has 1 N–H and O–H groups in total. The van der Waals surface area contributed by atoms with Crippen molar-refractivity contribution in [1.29, 1.82) is 0 Å². The normalized spacial score (nSPS) is 10.5. The van der Waals surface area contributed by atoms with Crippen LogP contribution in [0.25, 0.3) is 0 Å². The van der Waals surface area contributed by atoms with E-state index in [1.54, 1.807) is 0 Å². The fourth-order valence-electron chi connectivity index (χ4n) is 0.846. The second-order valence-electron chi connectivity index (χ2n) is 2.37. The van der Waals surface area contributed by atoms with Gasteiger partial charge >= 0.3 is 0 Å². The van der Waals surface area contributed by atoms with Crippen LogP contribution in [-0.2, 0) is 0 Å². The Morgan fingerprint density at radius 2 is 2.08 bits per heavy atom. The lowest BCUT2D eigenvalue weighted by Crippen LogP contribution is -2.11. The molecule has 1 aromatic carbocycles. The summed E-state index contributed by atoms with van der Waals surface area (Å²) in [6.45, 7) is -0.610. The molecule has 0 spiro atoms. The van der Waals surface area contributed by atoms with Crippen molar-refractivity contribution in [2.24, 2.45) is 0 Å². The Morgan fingerprint density at radius 3 is 2.62 bits per heavy atom. The van der Waals surface area contributed by atoms with E-state index in [2.05, 4.69) is 5.32 Å². The fraction of sp³-hybridized carbons (Fsp3) is 0.250. The molecular formula is C8H7ClF3N. The third-order valence-corrected chi connectivity index (χ3v) is 1.71. The first-order valence-corrected chi connectivity index (χ1v) is 3.95. The Morgan fingerprint density at radius 1 is 1.38 bits per heavy atom. The van der Waals surface area contributed by atoms with Gasteiger partial charge in [-0.25, -0.2) is 13.2 Å². The van der Waals surface area contributed by atoms with Crippen molar-refractivity contribution in [3.05, 3.63) is 29.0 Å². The van der Waals surface area contributed by atoms with Gasteiger partial charge in [0.2, 0.25) is 0 Å². The van der Waals surface area contributed by atoms with Crippen LogP contribution in [0.3, 0.4) is 0 Å². The number of para-hydroxylation sites is 1. The minimum Gasteiger partial charge on any atom is -0.376 e. The highest BCUT2D eigenvalue weighted by molar-refractivity contribution is 6.33. The summed E-state index contributed by atoms with van der Waals surface area (Å²) in [5, 5.41) is 2.32. The number of nitrogens with one attached hydrogen (secondary N) is 1. The van der Waals surface area contributed by atoms with E-state index in [0.29, 0.717) is 0 Å². The van der Waals surface area contributed by atoms with E-state index in [9.17, 15) is 13.2 Å². The molecule has 1 aromatic rings. The molecule has 0 saturated carbocycles. The quantitative estimate of drug-likeness (QED) is 0.807. The van der Waals surface area contributed by atoms with Crippen molar-refractivity contribution in [2.75, 3.05) is 11.9 Å². The second-order valence-corrected chi connectivity index (χ2v) is 2.78. The minimum atomic E-state index is -2.53. The highest BCUT2D eigenvalue weighted by atomic mass is 35.5. The van der Waals surface area contributed by atoms with E-state index in [4.69, 9.17) is 11.6 Å². The summed E-state index contributed by atoms with van der Waals surface area (Å²) >= 11 is 5.57. The topological polar surface area (TPSA) is 12.0 Å². The van der Waals surface area contributed by atoms with Crippen molar-refractivity contribution in [3.63, 3.8) is 0 Å². The summed E-state index contributed by atoms with van der Waals surface area (Å²) in [5.74, 6) is -0.631. The first kappa shape index (κ1) is 10.2. The maximum atomic E-state index is 12.9. The number of halogens is 4. The van der Waals surface area contributed by atoms with Gasteiger partial charge in [-0.2, -0.15) is 0 Å². The van der Waals surface area contributed by atoms with Gasteiger partial charge in [0.05, 0.1) is 17.3 Å². The van der Waals surface area contributed by atoms with Crippen LogP contribution in [-0.4, -0.2) is 13.0 Å². The Kier molecular flexibility index (Phi) is 3.42. The number of hydrogen-bond acceptors (Lipinski definition) is 1. The summed E-state index contributed by atoms with van der Waals surface area (Å²) in [7, 11) is 0. The highest BCUT2D eigenvalue weighted by Crippen LogP contribution is 2.24. The zero-order chi connectivity index (χ0) is 9.84. The average molecular weight is 210 g/mol. The first-order chi connectivity index (χ1) is 6.11. The van der Waals surface area contributed by atoms with Crippen LogP contribution >= 0.6 is 11.6 Å². The zero-order valence-electron chi connectivity index (χ0n) is 6.53. The molecule has 1 rings (SSSR count). The molecule has 0 saturated heterocycles. The number of hydrogen-bond donors (Lipinski definition) is 1. The maximum Gasteiger partial charge on any atom is 0.255 e. The van der Waals surface area contributed by atoms with Gasteiger partial charge in [0.15, 0.2) is 0 Å². The number of rotatable bonds is 3. The summed E-state index contributed by atoms with van der Waals surface area (Å²) in [5.41, 5.74) is -0.0792. The van der Waals surface area contributed by atoms with Gasteiger partial charge in [-0.05, 0) is 12.1 Å². The molecule has 0 unspecified atom stereocenters. The molecule has 72 valence electrons. The molecule has 13 heavy (non-hydrogen) atoms. The molecule has 0 fully saturated rings. The molecule has 0 amide bonds. The lowest BCUT2D eigenvalue weighted by molar-refractivity contribution is 0.163. The van der Waals surface area contributed by atoms with Crippen molar-refractivity contribution < 1.29 is 13.2 Å². The van der Waals surface area contributed by atoms with Crippen LogP contribution in [0.1, 0.15) is 0 Å². The van der Waals surface area contributed by atoms with Gasteiger partial charge < -0.3 is 5.32 Å². The molecule has 0 heterocycles. The first-order valence-electron chi connectivity index (χ1n) is 3.57. The van der Waals surface area contributed by atoms with Crippen molar-refractivity contribution >= 4 is 17.3 Å². The lowest BCUT2D eigenvalue weighted by Gasteiger charge is -2.07. The van der Waals surface area contributed by atoms with Crippen LogP contribution in [0.2, 0.25) is 5.02 Å². The van der Waals surface area contributed by atoms with Gasteiger partial charge in [-0.1, -0.05) is 17.7 Å². The van der Waals surface area contributed by atoms with E-state index in [1.165, 1.54) is 12.1 Å². The molecule has 0 aliphatic carbocycles. The van der Waals surface area contributed by atoms with E-state index in [-0.39, 0.29) is 10.7 Å². The van der Waals surface area contributed by atoms with Crippen LogP contribution < -0.4 is 5.32 Å². The second kappa shape index (κ2) is 4.37. The van der Waals surface area contributed by atoms with E-state index in [1.807, 2.05) is 0 Å². The number of alkyl halides is 2. The monoisotopic (exact) mass is 209 g/mol. The van der Waals surface area contributed by atoms with Crippen LogP contribution in [0.5, 0.6) is 0 Å². The van der Waals surface area contributed by atoms with E-state index < -0.39 is 18.8 Å². The standard InChI is InChI=1S/C8H7ClF3N/c9-5-2-1-3-6(10)8(5)13-4-7(11)12/h1-3,7,13H,4H2. The van der Waals surface area contributed by atoms with Crippen LogP contribution in [0.15, 0.2) is 18.2 Å². The molecule has 1 nitrogen and oxygen atoms in total. The Hall–Kier alpha value is -0.900. The molecule has 0 radical (unpaired) electrons. The van der Waals surface area contributed by atoms with Crippen molar-refractivity contribution in [2.45, 2.75) is 6.43 Å². The van der Waals surface area contributed by atoms with Gasteiger partial charge in [-0.15, -0.1) is 0 Å². The molecular weight excluding hydrogens is 203 g/mol. The average Bonchev–Trinajstić information content (AvgIpc) is 2.03. The van der Waals surface area contributed by atoms with Crippen molar-refractivity contribution in [3.8, 4) is 0 Å².